The van der Waals surface area contributed by atoms with Crippen LogP contribution in [0.4, 0.5) is 0 Å². The van der Waals surface area contributed by atoms with Crippen LogP contribution in [0.25, 0.3) is 0 Å². The lowest BCUT2D eigenvalue weighted by Crippen LogP contribution is -2.64. The standard InChI is InChI=1S/C23H34N2O2/c1-17-6-2-7-18(14-17)15-25-16-19-8-4-12-24-13-5-9-20(23(19)24)21(25)10-3-11-22(26)27/h2,6-7,14,19-21,23H,3-5,8-13,15-16H2,1H3,(H,26,27)/t19-,20+,21?,23-/m0/s1. The van der Waals surface area contributed by atoms with Crippen LogP contribution >= 0.6 is 0 Å². The van der Waals surface area contributed by atoms with Gasteiger partial charge in [-0.2, -0.15) is 0 Å². The van der Waals surface area contributed by atoms with Gasteiger partial charge in [-0.1, -0.05) is 29.8 Å². The number of carboxylic acids is 1. The third-order valence-electron chi connectivity index (χ3n) is 7.14. The number of hydrogen-bond donors (Lipinski definition) is 1. The van der Waals surface area contributed by atoms with Crippen LogP contribution in [0.2, 0.25) is 0 Å². The first-order valence-corrected chi connectivity index (χ1v) is 10.9. The van der Waals surface area contributed by atoms with Crippen molar-refractivity contribution in [3.63, 3.8) is 0 Å². The number of aryl methyl sites for hydroxylation is 1. The number of aliphatic carboxylic acids is 1. The highest BCUT2D eigenvalue weighted by molar-refractivity contribution is 5.66. The Balaban J connectivity index is 1.55. The molecule has 4 heteroatoms. The third kappa shape index (κ3) is 4.22. The number of carboxylic acid groups (broad SMARTS) is 1. The summed E-state index contributed by atoms with van der Waals surface area (Å²) >= 11 is 0. The molecule has 3 saturated heterocycles. The first-order chi connectivity index (χ1) is 13.1. The lowest BCUT2D eigenvalue weighted by molar-refractivity contribution is -0.137. The van der Waals surface area contributed by atoms with E-state index in [0.717, 1.165) is 37.3 Å². The maximum absolute atomic E-state index is 11.1. The number of nitrogens with zero attached hydrogens (tertiary/aromatic N) is 2. The Morgan fingerprint density at radius 2 is 2.04 bits per heavy atom. The smallest absolute Gasteiger partial charge is 0.303 e. The highest BCUT2D eigenvalue weighted by Gasteiger charge is 2.48. The molecule has 0 radical (unpaired) electrons. The Morgan fingerprint density at radius 3 is 2.81 bits per heavy atom. The average Bonchev–Trinajstić information content (AvgIpc) is 2.64. The van der Waals surface area contributed by atoms with Crippen molar-refractivity contribution in [2.45, 2.75) is 70.5 Å². The SMILES string of the molecule is Cc1cccc(CN2C[C@@H]3CCCN4CCC[C@H](C2CCCC(=O)O)[C@H]34)c1. The van der Waals surface area contributed by atoms with Crippen molar-refractivity contribution in [2.24, 2.45) is 11.8 Å². The van der Waals surface area contributed by atoms with Crippen molar-refractivity contribution in [3.05, 3.63) is 35.4 Å². The maximum Gasteiger partial charge on any atom is 0.303 e. The predicted molar refractivity (Wildman–Crippen MR) is 108 cm³/mol. The second-order valence-corrected chi connectivity index (χ2v) is 9.01. The van der Waals surface area contributed by atoms with Gasteiger partial charge in [-0.3, -0.25) is 14.6 Å². The molecule has 0 aromatic heterocycles. The van der Waals surface area contributed by atoms with Gasteiger partial charge in [-0.15, -0.1) is 0 Å². The van der Waals surface area contributed by atoms with E-state index in [-0.39, 0.29) is 0 Å². The molecule has 0 saturated carbocycles. The molecule has 1 N–H and O–H groups in total. The van der Waals surface area contributed by atoms with Crippen molar-refractivity contribution in [1.29, 1.82) is 0 Å². The number of carbonyl (C=O) groups is 1. The van der Waals surface area contributed by atoms with Crippen molar-refractivity contribution in [1.82, 2.24) is 9.80 Å². The van der Waals surface area contributed by atoms with E-state index in [0.29, 0.717) is 12.5 Å². The van der Waals surface area contributed by atoms with E-state index in [4.69, 9.17) is 5.11 Å². The van der Waals surface area contributed by atoms with Crippen molar-refractivity contribution in [3.8, 4) is 0 Å². The summed E-state index contributed by atoms with van der Waals surface area (Å²) in [5.41, 5.74) is 2.73. The molecule has 1 unspecified atom stereocenters. The van der Waals surface area contributed by atoms with Gasteiger partial charge in [0.2, 0.25) is 0 Å². The van der Waals surface area contributed by atoms with E-state index in [9.17, 15) is 4.79 Å². The predicted octanol–water partition coefficient (Wildman–Crippen LogP) is 3.92. The Kier molecular flexibility index (Phi) is 5.84. The van der Waals surface area contributed by atoms with E-state index in [1.165, 1.54) is 56.4 Å². The molecule has 148 valence electrons. The molecule has 3 fully saturated rings. The summed E-state index contributed by atoms with van der Waals surface area (Å²) in [5, 5.41) is 9.12. The summed E-state index contributed by atoms with van der Waals surface area (Å²) in [5.74, 6) is 0.859. The van der Waals surface area contributed by atoms with Crippen LogP contribution in [0.15, 0.2) is 24.3 Å². The lowest BCUT2D eigenvalue weighted by atomic mass is 9.69. The molecule has 27 heavy (non-hydrogen) atoms. The van der Waals surface area contributed by atoms with Gasteiger partial charge < -0.3 is 5.11 Å². The van der Waals surface area contributed by atoms with Crippen molar-refractivity contribution in [2.75, 3.05) is 19.6 Å². The van der Waals surface area contributed by atoms with Crippen LogP contribution in [0, 0.1) is 18.8 Å². The van der Waals surface area contributed by atoms with Gasteiger partial charge >= 0.3 is 5.97 Å². The fourth-order valence-electron chi connectivity index (χ4n) is 6.17. The van der Waals surface area contributed by atoms with E-state index in [1.807, 2.05) is 0 Å². The minimum Gasteiger partial charge on any atom is -0.481 e. The Morgan fingerprint density at radius 1 is 1.22 bits per heavy atom. The van der Waals surface area contributed by atoms with Crippen LogP contribution in [-0.4, -0.2) is 52.6 Å². The molecule has 1 aromatic carbocycles. The molecule has 3 heterocycles. The number of hydrogen-bond acceptors (Lipinski definition) is 3. The second kappa shape index (κ2) is 8.32. The highest BCUT2D eigenvalue weighted by atomic mass is 16.4. The highest BCUT2D eigenvalue weighted by Crippen LogP contribution is 2.43. The molecule has 0 aliphatic carbocycles. The van der Waals surface area contributed by atoms with Crippen LogP contribution in [0.1, 0.15) is 56.1 Å². The van der Waals surface area contributed by atoms with Gasteiger partial charge in [0.05, 0.1) is 0 Å². The molecular formula is C23H34N2O2. The Bertz CT molecular complexity index is 660. The van der Waals surface area contributed by atoms with E-state index in [1.54, 1.807) is 0 Å². The third-order valence-corrected chi connectivity index (χ3v) is 7.14. The average molecular weight is 371 g/mol. The van der Waals surface area contributed by atoms with Gasteiger partial charge in [-0.05, 0) is 75.9 Å². The maximum atomic E-state index is 11.1. The molecule has 0 amide bonds. The first-order valence-electron chi connectivity index (χ1n) is 10.9. The molecule has 3 aliphatic rings. The molecular weight excluding hydrogens is 336 g/mol. The van der Waals surface area contributed by atoms with Gasteiger partial charge in [0.15, 0.2) is 0 Å². The summed E-state index contributed by atoms with van der Waals surface area (Å²) in [4.78, 5) is 16.6. The number of likely N-dealkylation sites (tertiary alicyclic amines) is 1. The first kappa shape index (κ1) is 18.9. The van der Waals surface area contributed by atoms with Gasteiger partial charge in [-0.25, -0.2) is 0 Å². The molecule has 4 nitrogen and oxygen atoms in total. The lowest BCUT2D eigenvalue weighted by Gasteiger charge is -2.57. The van der Waals surface area contributed by atoms with E-state index >= 15 is 0 Å². The summed E-state index contributed by atoms with van der Waals surface area (Å²) < 4.78 is 0. The minimum atomic E-state index is -0.656. The fraction of sp³-hybridized carbons (Fsp3) is 0.696. The molecule has 0 spiro atoms. The van der Waals surface area contributed by atoms with Gasteiger partial charge in [0.25, 0.3) is 0 Å². The normalized spacial score (nSPS) is 31.4. The van der Waals surface area contributed by atoms with Gasteiger partial charge in [0.1, 0.15) is 0 Å². The Hall–Kier alpha value is -1.39. The zero-order valence-corrected chi connectivity index (χ0v) is 16.6. The second-order valence-electron chi connectivity index (χ2n) is 9.01. The van der Waals surface area contributed by atoms with E-state index in [2.05, 4.69) is 41.0 Å². The summed E-state index contributed by atoms with van der Waals surface area (Å²) in [6, 6.07) is 10.2. The van der Waals surface area contributed by atoms with Gasteiger partial charge in [0, 0.05) is 31.6 Å². The largest absolute Gasteiger partial charge is 0.481 e. The number of piperidine rings is 3. The van der Waals surface area contributed by atoms with E-state index < -0.39 is 5.97 Å². The molecule has 4 rings (SSSR count). The fourth-order valence-corrected chi connectivity index (χ4v) is 6.17. The summed E-state index contributed by atoms with van der Waals surface area (Å²) in [6.45, 7) is 6.91. The number of rotatable bonds is 6. The summed E-state index contributed by atoms with van der Waals surface area (Å²) in [6.07, 6.45) is 7.47. The Labute approximate surface area is 163 Å². The molecule has 4 atom stereocenters. The number of benzene rings is 1. The summed E-state index contributed by atoms with van der Waals surface area (Å²) in [7, 11) is 0. The quantitative estimate of drug-likeness (QED) is 0.824. The minimum absolute atomic E-state index is 0.305. The van der Waals surface area contributed by atoms with Crippen LogP contribution < -0.4 is 0 Å². The molecule has 3 aliphatic heterocycles. The topological polar surface area (TPSA) is 43.8 Å². The molecule has 1 aromatic rings. The van der Waals surface area contributed by atoms with Crippen molar-refractivity contribution >= 4 is 5.97 Å². The van der Waals surface area contributed by atoms with Crippen LogP contribution in [0.5, 0.6) is 0 Å². The van der Waals surface area contributed by atoms with Crippen LogP contribution in [0.3, 0.4) is 0 Å². The van der Waals surface area contributed by atoms with Crippen molar-refractivity contribution < 1.29 is 9.90 Å². The van der Waals surface area contributed by atoms with Crippen LogP contribution in [-0.2, 0) is 11.3 Å². The zero-order valence-electron chi connectivity index (χ0n) is 16.6. The molecule has 0 bridgehead atoms. The zero-order chi connectivity index (χ0) is 18.8. The monoisotopic (exact) mass is 370 g/mol.